The topological polar surface area (TPSA) is 190 Å². The zero-order valence-corrected chi connectivity index (χ0v) is 32.2. The number of fused-ring (bicyclic) bond motifs is 1. The van der Waals surface area contributed by atoms with Crippen LogP contribution in [0.3, 0.4) is 0 Å². The third-order valence-electron chi connectivity index (χ3n) is 10.9. The Hall–Kier alpha value is -6.25. The second-order valence-corrected chi connectivity index (χ2v) is 14.9. The van der Waals surface area contributed by atoms with Crippen molar-refractivity contribution in [1.29, 1.82) is 0 Å². The van der Waals surface area contributed by atoms with Crippen molar-refractivity contribution >= 4 is 34.9 Å². The fourth-order valence-electron chi connectivity index (χ4n) is 7.96. The normalized spacial score (nSPS) is 18.0. The van der Waals surface area contributed by atoms with Crippen molar-refractivity contribution in [3.05, 3.63) is 78.8 Å². The zero-order valence-electron chi connectivity index (χ0n) is 32.2. The number of amides is 4. The Balaban J connectivity index is 1.03. The molecule has 2 aliphatic rings. The standard InChI is InChI=1S/C41H47N9O6/c1-23(2)35(48(4)41(54)55)39(52)50-17-7-9-34(50)37-43-21-31(46-37)26-12-10-25(11-13-26)29-18-27-14-15-28(19-30(27)42-20-29)32-22-44-36(47-32)33-8-6-16-49(33)38(51)24(3)45-40(53)56-5/h10-15,18-24,33-35H,6-9,16-17H2,1-5H3,(H,43,46)(H,44,47)(H,45,53)(H,54,55)/t24-,33-,34-,35-/m0/s1. The summed E-state index contributed by atoms with van der Waals surface area (Å²) in [6, 6.07) is 14.4. The van der Waals surface area contributed by atoms with Gasteiger partial charge in [-0.15, -0.1) is 0 Å². The Labute approximate surface area is 324 Å². The number of likely N-dealkylation sites (tertiary alicyclic amines) is 2. The summed E-state index contributed by atoms with van der Waals surface area (Å²) < 4.78 is 4.65. The molecule has 2 aliphatic heterocycles. The molecule has 2 aromatic carbocycles. The number of nitrogens with one attached hydrogen (secondary N) is 3. The molecule has 56 heavy (non-hydrogen) atoms. The van der Waals surface area contributed by atoms with Crippen LogP contribution in [0.2, 0.25) is 0 Å². The maximum absolute atomic E-state index is 13.6. The summed E-state index contributed by atoms with van der Waals surface area (Å²) in [5, 5.41) is 13.1. The summed E-state index contributed by atoms with van der Waals surface area (Å²) >= 11 is 0. The number of hydrogen-bond acceptors (Lipinski definition) is 8. The molecule has 5 aromatic rings. The number of H-pyrrole nitrogens is 2. The van der Waals surface area contributed by atoms with Crippen molar-refractivity contribution in [1.82, 2.24) is 44.9 Å². The number of aromatic nitrogens is 5. The fourth-order valence-corrected chi connectivity index (χ4v) is 7.96. The first-order valence-corrected chi connectivity index (χ1v) is 19.0. The molecule has 0 unspecified atom stereocenters. The minimum absolute atomic E-state index is 0.175. The van der Waals surface area contributed by atoms with Crippen molar-refractivity contribution in [2.75, 3.05) is 27.2 Å². The lowest BCUT2D eigenvalue weighted by Crippen LogP contribution is -2.51. The Morgan fingerprint density at radius 1 is 0.786 bits per heavy atom. The number of imidazole rings is 2. The molecule has 0 aliphatic carbocycles. The number of rotatable bonds is 10. The predicted octanol–water partition coefficient (Wildman–Crippen LogP) is 6.39. The van der Waals surface area contributed by atoms with Crippen LogP contribution in [0.1, 0.15) is 70.2 Å². The summed E-state index contributed by atoms with van der Waals surface area (Å²) in [7, 11) is 2.71. The number of ether oxygens (including phenoxy) is 1. The highest BCUT2D eigenvalue weighted by atomic mass is 16.5. The number of aromatic amines is 2. The number of likely N-dealkylation sites (N-methyl/N-ethyl adjacent to an activating group) is 1. The van der Waals surface area contributed by atoms with E-state index in [4.69, 9.17) is 4.98 Å². The number of carboxylic acid groups (broad SMARTS) is 1. The SMILES string of the molecule is COC(=O)N[C@@H](C)C(=O)N1CCC[C@H]1c1ncc(-c2ccc3cc(-c4ccc(-c5cnc([C@@H]6CCCN6C(=O)[C@H](C(C)C)N(C)C(=O)O)[nH]5)cc4)cnc3c2)[nH]1. The fraction of sp³-hybridized carbons (Fsp3) is 0.390. The number of nitrogens with zero attached hydrogens (tertiary/aromatic N) is 6. The molecule has 0 bridgehead atoms. The minimum atomic E-state index is -1.13. The molecular weight excluding hydrogens is 715 g/mol. The third-order valence-corrected chi connectivity index (χ3v) is 10.9. The van der Waals surface area contributed by atoms with Gasteiger partial charge in [-0.25, -0.2) is 19.6 Å². The predicted molar refractivity (Wildman–Crippen MR) is 209 cm³/mol. The van der Waals surface area contributed by atoms with E-state index in [1.807, 2.05) is 62.5 Å². The molecule has 2 saturated heterocycles. The molecule has 0 spiro atoms. The second-order valence-electron chi connectivity index (χ2n) is 14.9. The highest BCUT2D eigenvalue weighted by Crippen LogP contribution is 2.35. The van der Waals surface area contributed by atoms with E-state index in [1.54, 1.807) is 29.1 Å². The molecule has 5 heterocycles. The maximum Gasteiger partial charge on any atom is 0.407 e. The van der Waals surface area contributed by atoms with Crippen molar-refractivity contribution in [2.24, 2.45) is 5.92 Å². The lowest BCUT2D eigenvalue weighted by molar-refractivity contribution is -0.138. The third kappa shape index (κ3) is 7.53. The first-order valence-electron chi connectivity index (χ1n) is 19.0. The van der Waals surface area contributed by atoms with Crippen LogP contribution in [0.5, 0.6) is 0 Å². The lowest BCUT2D eigenvalue weighted by atomic mass is 10.0. The molecule has 2 fully saturated rings. The molecule has 15 heteroatoms. The summed E-state index contributed by atoms with van der Waals surface area (Å²) in [4.78, 5) is 75.7. The molecule has 15 nitrogen and oxygen atoms in total. The Morgan fingerprint density at radius 3 is 1.95 bits per heavy atom. The number of pyridine rings is 1. The van der Waals surface area contributed by atoms with Gasteiger partial charge < -0.3 is 34.9 Å². The average molecular weight is 762 g/mol. The van der Waals surface area contributed by atoms with E-state index in [2.05, 4.69) is 36.1 Å². The lowest BCUT2D eigenvalue weighted by Gasteiger charge is -2.33. The van der Waals surface area contributed by atoms with Gasteiger partial charge in [0.05, 0.1) is 48.5 Å². The Morgan fingerprint density at radius 2 is 1.36 bits per heavy atom. The van der Waals surface area contributed by atoms with E-state index in [0.717, 1.165) is 75.1 Å². The van der Waals surface area contributed by atoms with Crippen LogP contribution in [-0.2, 0) is 14.3 Å². The van der Waals surface area contributed by atoms with E-state index >= 15 is 0 Å². The van der Waals surface area contributed by atoms with Crippen LogP contribution >= 0.6 is 0 Å². The maximum atomic E-state index is 13.6. The van der Waals surface area contributed by atoms with E-state index < -0.39 is 24.3 Å². The zero-order chi connectivity index (χ0) is 39.7. The smallest absolute Gasteiger partial charge is 0.407 e. The number of methoxy groups -OCH3 is 1. The largest absolute Gasteiger partial charge is 0.465 e. The molecular formula is C41H47N9O6. The van der Waals surface area contributed by atoms with Crippen LogP contribution in [0, 0.1) is 5.92 Å². The van der Waals surface area contributed by atoms with Gasteiger partial charge in [-0.05, 0) is 61.8 Å². The molecule has 292 valence electrons. The Bertz CT molecular complexity index is 2250. The molecule has 4 amide bonds. The summed E-state index contributed by atoms with van der Waals surface area (Å²) in [6.45, 7) is 6.50. The summed E-state index contributed by atoms with van der Waals surface area (Å²) in [5.41, 5.74) is 6.34. The van der Waals surface area contributed by atoms with Crippen LogP contribution in [0.25, 0.3) is 44.5 Å². The van der Waals surface area contributed by atoms with E-state index in [-0.39, 0.29) is 29.8 Å². The van der Waals surface area contributed by atoms with Gasteiger partial charge in [0.1, 0.15) is 23.7 Å². The van der Waals surface area contributed by atoms with E-state index in [1.165, 1.54) is 14.2 Å². The first kappa shape index (κ1) is 38.0. The molecule has 4 N–H and O–H groups in total. The van der Waals surface area contributed by atoms with Crippen LogP contribution in [0.4, 0.5) is 9.59 Å². The van der Waals surface area contributed by atoms with Gasteiger partial charge in [0.25, 0.3) is 0 Å². The van der Waals surface area contributed by atoms with Crippen LogP contribution < -0.4 is 5.32 Å². The van der Waals surface area contributed by atoms with Gasteiger partial charge in [0, 0.05) is 42.8 Å². The van der Waals surface area contributed by atoms with Gasteiger partial charge in [0.15, 0.2) is 0 Å². The van der Waals surface area contributed by atoms with Gasteiger partial charge in [0.2, 0.25) is 11.8 Å². The van der Waals surface area contributed by atoms with Gasteiger partial charge >= 0.3 is 12.2 Å². The van der Waals surface area contributed by atoms with Crippen molar-refractivity contribution in [2.45, 2.75) is 70.6 Å². The van der Waals surface area contributed by atoms with Crippen LogP contribution in [0.15, 0.2) is 67.1 Å². The summed E-state index contributed by atoms with van der Waals surface area (Å²) in [5.74, 6) is 0.832. The number of alkyl carbamates (subject to hydrolysis) is 1. The first-order chi connectivity index (χ1) is 26.9. The minimum Gasteiger partial charge on any atom is -0.465 e. The number of carbonyl (C=O) groups is 4. The van der Waals surface area contributed by atoms with Crippen molar-refractivity contribution < 1.29 is 29.0 Å². The molecule has 3 aromatic heterocycles. The molecule has 0 saturated carbocycles. The monoisotopic (exact) mass is 761 g/mol. The van der Waals surface area contributed by atoms with E-state index in [0.29, 0.717) is 24.7 Å². The van der Waals surface area contributed by atoms with Crippen molar-refractivity contribution in [3.8, 4) is 33.6 Å². The number of benzene rings is 2. The van der Waals surface area contributed by atoms with E-state index in [9.17, 15) is 24.3 Å². The Kier molecular flexibility index (Phi) is 10.8. The molecule has 0 radical (unpaired) electrons. The van der Waals surface area contributed by atoms with Crippen LogP contribution in [-0.4, -0.2) is 108 Å². The van der Waals surface area contributed by atoms with Gasteiger partial charge in [-0.2, -0.15) is 0 Å². The van der Waals surface area contributed by atoms with Gasteiger partial charge in [-0.3, -0.25) is 19.5 Å². The highest BCUT2D eigenvalue weighted by molar-refractivity contribution is 5.88. The average Bonchev–Trinajstić information content (AvgIpc) is 4.04. The van der Waals surface area contributed by atoms with Crippen molar-refractivity contribution in [3.63, 3.8) is 0 Å². The highest BCUT2D eigenvalue weighted by Gasteiger charge is 2.40. The quantitative estimate of drug-likeness (QED) is 0.125. The molecule has 7 rings (SSSR count). The number of carbonyl (C=O) groups excluding carboxylic acids is 3. The second kappa shape index (κ2) is 15.8. The summed E-state index contributed by atoms with van der Waals surface area (Å²) in [6.07, 6.45) is 6.81. The van der Waals surface area contributed by atoms with Gasteiger partial charge in [-0.1, -0.05) is 50.2 Å². The molecule has 4 atom stereocenters. The number of hydrogen-bond donors (Lipinski definition) is 4.